The van der Waals surface area contributed by atoms with Gasteiger partial charge in [-0.05, 0) is 24.6 Å². The number of methoxy groups -OCH3 is 1. The van der Waals surface area contributed by atoms with Crippen LogP contribution in [0.3, 0.4) is 0 Å². The number of carbonyl (C=O) groups is 1. The molecule has 0 aromatic heterocycles. The van der Waals surface area contributed by atoms with Crippen molar-refractivity contribution in [2.45, 2.75) is 27.7 Å². The van der Waals surface area contributed by atoms with Crippen molar-refractivity contribution in [3.05, 3.63) is 29.8 Å². The van der Waals surface area contributed by atoms with Crippen molar-refractivity contribution in [2.24, 2.45) is 5.41 Å². The molecule has 1 rings (SSSR count). The van der Waals surface area contributed by atoms with Crippen LogP contribution in [0.25, 0.3) is 6.08 Å². The van der Waals surface area contributed by atoms with Crippen LogP contribution >= 0.6 is 0 Å². The molecule has 0 amide bonds. The monoisotopic (exact) mass is 262 g/mol. The largest absolute Gasteiger partial charge is 0.493 e. The topological polar surface area (TPSA) is 35.5 Å². The smallest absolute Gasteiger partial charge is 0.175 e. The number of benzene rings is 1. The number of Topliss-reactive ketones (excluding diaryl/α,β-unsaturated/α-hetero) is 1. The predicted molar refractivity (Wildman–Crippen MR) is 77.7 cm³/mol. The Morgan fingerprint density at radius 1 is 1.26 bits per heavy atom. The van der Waals surface area contributed by atoms with Gasteiger partial charge in [0.05, 0.1) is 7.11 Å². The molecule has 1 aromatic carbocycles. The molecule has 0 bridgehead atoms. The maximum atomic E-state index is 11.8. The van der Waals surface area contributed by atoms with Crippen LogP contribution in [0.5, 0.6) is 11.5 Å². The Balaban J connectivity index is 2.81. The highest BCUT2D eigenvalue weighted by Crippen LogP contribution is 2.29. The number of carbonyl (C=O) groups excluding carboxylic acids is 1. The van der Waals surface area contributed by atoms with E-state index >= 15 is 0 Å². The second-order valence-corrected chi connectivity index (χ2v) is 5.37. The van der Waals surface area contributed by atoms with Crippen LogP contribution in [0.4, 0.5) is 0 Å². The molecule has 0 atom stereocenters. The zero-order valence-corrected chi connectivity index (χ0v) is 12.3. The van der Waals surface area contributed by atoms with E-state index < -0.39 is 5.41 Å². The maximum Gasteiger partial charge on any atom is 0.175 e. The summed E-state index contributed by atoms with van der Waals surface area (Å²) in [4.78, 5) is 11.8. The van der Waals surface area contributed by atoms with Crippen LogP contribution in [0.15, 0.2) is 24.3 Å². The Kier molecular flexibility index (Phi) is 5.16. The van der Waals surface area contributed by atoms with Crippen molar-refractivity contribution >= 4 is 11.9 Å². The molecular weight excluding hydrogens is 240 g/mol. The third-order valence-corrected chi connectivity index (χ3v) is 2.74. The van der Waals surface area contributed by atoms with E-state index in [-0.39, 0.29) is 12.4 Å². The van der Waals surface area contributed by atoms with Gasteiger partial charge in [-0.3, -0.25) is 4.79 Å². The first kappa shape index (κ1) is 15.3. The molecule has 0 saturated heterocycles. The minimum Gasteiger partial charge on any atom is -0.493 e. The summed E-state index contributed by atoms with van der Waals surface area (Å²) in [7, 11) is 1.59. The minimum absolute atomic E-state index is 0.0584. The van der Waals surface area contributed by atoms with E-state index in [1.165, 1.54) is 0 Å². The highest BCUT2D eigenvalue weighted by atomic mass is 16.5. The first-order chi connectivity index (χ1) is 8.88. The molecular formula is C16H22O3. The van der Waals surface area contributed by atoms with Gasteiger partial charge in [-0.1, -0.05) is 39.0 Å². The van der Waals surface area contributed by atoms with Crippen LogP contribution < -0.4 is 9.47 Å². The summed E-state index contributed by atoms with van der Waals surface area (Å²) < 4.78 is 10.8. The standard InChI is InChI=1S/C16H22O3/c1-6-7-12-8-9-13(14(10-12)18-5)19-11-15(17)16(2,3)4/h6-10H,11H2,1-5H3/b7-6-. The van der Waals surface area contributed by atoms with Crippen molar-refractivity contribution in [1.82, 2.24) is 0 Å². The highest BCUT2D eigenvalue weighted by Gasteiger charge is 2.22. The SMILES string of the molecule is C/C=C\c1ccc(OCC(=O)C(C)(C)C)c(OC)c1. The molecule has 0 unspecified atom stereocenters. The van der Waals surface area contributed by atoms with E-state index in [2.05, 4.69) is 0 Å². The molecule has 19 heavy (non-hydrogen) atoms. The van der Waals surface area contributed by atoms with Crippen molar-refractivity contribution in [2.75, 3.05) is 13.7 Å². The number of rotatable bonds is 5. The first-order valence-electron chi connectivity index (χ1n) is 6.35. The average Bonchev–Trinajstić information content (AvgIpc) is 2.35. The second-order valence-electron chi connectivity index (χ2n) is 5.37. The third kappa shape index (κ3) is 4.43. The summed E-state index contributed by atoms with van der Waals surface area (Å²) in [6.45, 7) is 7.66. The third-order valence-electron chi connectivity index (χ3n) is 2.74. The van der Waals surface area contributed by atoms with Gasteiger partial charge >= 0.3 is 0 Å². The van der Waals surface area contributed by atoms with Gasteiger partial charge in [0.1, 0.15) is 6.61 Å². The Labute approximate surface area is 115 Å². The first-order valence-corrected chi connectivity index (χ1v) is 6.35. The summed E-state index contributed by atoms with van der Waals surface area (Å²) in [6, 6.07) is 5.64. The molecule has 0 aliphatic heterocycles. The summed E-state index contributed by atoms with van der Waals surface area (Å²) in [5.74, 6) is 1.29. The Bertz CT molecular complexity index is 467. The molecule has 0 N–H and O–H groups in total. The van der Waals surface area contributed by atoms with Crippen molar-refractivity contribution in [3.8, 4) is 11.5 Å². The average molecular weight is 262 g/mol. The van der Waals surface area contributed by atoms with Crippen molar-refractivity contribution in [1.29, 1.82) is 0 Å². The molecule has 0 heterocycles. The van der Waals surface area contributed by atoms with Crippen LogP contribution in [0.1, 0.15) is 33.3 Å². The molecule has 104 valence electrons. The highest BCUT2D eigenvalue weighted by molar-refractivity contribution is 5.85. The summed E-state index contributed by atoms with van der Waals surface area (Å²) in [5, 5.41) is 0. The normalized spacial score (nSPS) is 11.6. The number of allylic oxidation sites excluding steroid dienone is 1. The molecule has 0 aliphatic carbocycles. The quantitative estimate of drug-likeness (QED) is 0.811. The molecule has 3 nitrogen and oxygen atoms in total. The van der Waals surface area contributed by atoms with E-state index in [1.807, 2.05) is 58.0 Å². The maximum absolute atomic E-state index is 11.8. The molecule has 0 saturated carbocycles. The predicted octanol–water partition coefficient (Wildman–Crippen LogP) is 3.72. The van der Waals surface area contributed by atoms with Gasteiger partial charge in [0.25, 0.3) is 0 Å². The zero-order chi connectivity index (χ0) is 14.5. The molecule has 0 spiro atoms. The Morgan fingerprint density at radius 3 is 2.47 bits per heavy atom. The van der Waals surface area contributed by atoms with E-state index in [0.717, 1.165) is 5.56 Å². The van der Waals surface area contributed by atoms with Gasteiger partial charge in [-0.15, -0.1) is 0 Å². The van der Waals surface area contributed by atoms with Crippen LogP contribution in [-0.2, 0) is 4.79 Å². The second kappa shape index (κ2) is 6.41. The lowest BCUT2D eigenvalue weighted by molar-refractivity contribution is -0.128. The lowest BCUT2D eigenvalue weighted by Crippen LogP contribution is -2.26. The molecule has 1 aromatic rings. The summed E-state index contributed by atoms with van der Waals surface area (Å²) >= 11 is 0. The Hall–Kier alpha value is -1.77. The van der Waals surface area contributed by atoms with Gasteiger partial charge in [0.2, 0.25) is 0 Å². The van der Waals surface area contributed by atoms with E-state index in [9.17, 15) is 4.79 Å². The van der Waals surface area contributed by atoms with Gasteiger partial charge in [0.15, 0.2) is 17.3 Å². The van der Waals surface area contributed by atoms with Crippen LogP contribution in [0, 0.1) is 5.41 Å². The van der Waals surface area contributed by atoms with Crippen LogP contribution in [0.2, 0.25) is 0 Å². The fourth-order valence-electron chi connectivity index (χ4n) is 1.46. The Morgan fingerprint density at radius 2 is 1.95 bits per heavy atom. The number of hydrogen-bond acceptors (Lipinski definition) is 3. The minimum atomic E-state index is -0.391. The van der Waals surface area contributed by atoms with Gasteiger partial charge in [-0.25, -0.2) is 0 Å². The molecule has 0 aliphatic rings. The van der Waals surface area contributed by atoms with Gasteiger partial charge in [0, 0.05) is 5.41 Å². The fourth-order valence-corrected chi connectivity index (χ4v) is 1.46. The van der Waals surface area contributed by atoms with E-state index in [1.54, 1.807) is 7.11 Å². The number of ether oxygens (including phenoxy) is 2. The fraction of sp³-hybridized carbons (Fsp3) is 0.438. The summed E-state index contributed by atoms with van der Waals surface area (Å²) in [5.41, 5.74) is 0.645. The van der Waals surface area contributed by atoms with Crippen molar-refractivity contribution < 1.29 is 14.3 Å². The van der Waals surface area contributed by atoms with Crippen molar-refractivity contribution in [3.63, 3.8) is 0 Å². The van der Waals surface area contributed by atoms with Gasteiger partial charge < -0.3 is 9.47 Å². The number of hydrogen-bond donors (Lipinski definition) is 0. The zero-order valence-electron chi connectivity index (χ0n) is 12.3. The lowest BCUT2D eigenvalue weighted by Gasteiger charge is -2.17. The van der Waals surface area contributed by atoms with E-state index in [0.29, 0.717) is 11.5 Å². The molecule has 0 fully saturated rings. The lowest BCUT2D eigenvalue weighted by atomic mass is 9.91. The molecule has 3 heteroatoms. The van der Waals surface area contributed by atoms with Crippen LogP contribution in [-0.4, -0.2) is 19.5 Å². The summed E-state index contributed by atoms with van der Waals surface area (Å²) in [6.07, 6.45) is 3.94. The van der Waals surface area contributed by atoms with E-state index in [4.69, 9.17) is 9.47 Å². The van der Waals surface area contributed by atoms with Gasteiger partial charge in [-0.2, -0.15) is 0 Å². The number of ketones is 1. The molecule has 0 radical (unpaired) electrons.